The van der Waals surface area contributed by atoms with Crippen molar-refractivity contribution in [2.75, 3.05) is 5.73 Å². The summed E-state index contributed by atoms with van der Waals surface area (Å²) in [5, 5.41) is 2.14. The van der Waals surface area contributed by atoms with Crippen LogP contribution in [0.2, 0.25) is 0 Å². The zero-order valence-electron chi connectivity index (χ0n) is 12.2. The van der Waals surface area contributed by atoms with Gasteiger partial charge in [0.15, 0.2) is 0 Å². The minimum absolute atomic E-state index is 0.000870. The lowest BCUT2D eigenvalue weighted by Gasteiger charge is -2.12. The van der Waals surface area contributed by atoms with E-state index in [1.165, 1.54) is 4.57 Å². The van der Waals surface area contributed by atoms with Crippen LogP contribution in [-0.4, -0.2) is 26.3 Å². The Labute approximate surface area is 135 Å². The second kappa shape index (κ2) is 4.92. The van der Waals surface area contributed by atoms with Gasteiger partial charge < -0.3 is 10.7 Å². The summed E-state index contributed by atoms with van der Waals surface area (Å²) in [6.45, 7) is 0. The van der Waals surface area contributed by atoms with Crippen molar-refractivity contribution in [2.24, 2.45) is 0 Å². The molecule has 2 aromatic heterocycles. The number of hydrogen-bond acceptors (Lipinski definition) is 5. The number of aromatic nitrogens is 3. The molecule has 1 aliphatic heterocycles. The summed E-state index contributed by atoms with van der Waals surface area (Å²) in [5.41, 5.74) is 6.77. The third kappa shape index (κ3) is 1.93. The number of nitrogens with two attached hydrogens (primary N) is 1. The number of imide groups is 1. The number of fused-ring (bicyclic) bond motifs is 1. The fourth-order valence-corrected chi connectivity index (χ4v) is 2.76. The van der Waals surface area contributed by atoms with Crippen LogP contribution in [0.15, 0.2) is 47.5 Å². The van der Waals surface area contributed by atoms with Crippen LogP contribution in [0.4, 0.5) is 5.82 Å². The lowest BCUT2D eigenvalue weighted by Crippen LogP contribution is -2.24. The SMILES string of the molecule is Nc1c2c(cc(=O)n1-c1cccc(-c3ncc[nH]3)c1)C(=O)NC2=O. The van der Waals surface area contributed by atoms with E-state index in [-0.39, 0.29) is 16.9 Å². The van der Waals surface area contributed by atoms with Crippen molar-refractivity contribution in [3.63, 3.8) is 0 Å². The number of nitrogens with zero attached hydrogens (tertiary/aromatic N) is 2. The standard InChI is InChI=1S/C16H11N5O3/c17-13-12-10(15(23)20-16(12)24)7-11(22)21(13)9-3-1-2-8(6-9)14-18-4-5-19-14/h1-7H,17H2,(H,18,19)(H,20,23,24). The summed E-state index contributed by atoms with van der Waals surface area (Å²) in [5.74, 6) is -0.659. The molecule has 0 atom stereocenters. The smallest absolute Gasteiger partial charge is 0.262 e. The van der Waals surface area contributed by atoms with Crippen molar-refractivity contribution < 1.29 is 9.59 Å². The first-order valence-electron chi connectivity index (χ1n) is 7.07. The highest BCUT2D eigenvalue weighted by atomic mass is 16.2. The lowest BCUT2D eigenvalue weighted by molar-refractivity contribution is 0.0880. The quantitative estimate of drug-likeness (QED) is 0.599. The zero-order valence-corrected chi connectivity index (χ0v) is 12.2. The van der Waals surface area contributed by atoms with Gasteiger partial charge >= 0.3 is 0 Å². The van der Waals surface area contributed by atoms with Crippen LogP contribution in [0.25, 0.3) is 17.1 Å². The number of H-pyrrole nitrogens is 1. The van der Waals surface area contributed by atoms with Crippen molar-refractivity contribution in [2.45, 2.75) is 0 Å². The van der Waals surface area contributed by atoms with Gasteiger partial charge in [0.2, 0.25) is 0 Å². The van der Waals surface area contributed by atoms with E-state index in [0.29, 0.717) is 11.5 Å². The van der Waals surface area contributed by atoms with Crippen molar-refractivity contribution >= 4 is 17.6 Å². The van der Waals surface area contributed by atoms with E-state index in [9.17, 15) is 14.4 Å². The first-order chi connectivity index (χ1) is 11.6. The Morgan fingerprint density at radius 1 is 1.08 bits per heavy atom. The molecule has 118 valence electrons. The Morgan fingerprint density at radius 3 is 2.67 bits per heavy atom. The molecule has 0 spiro atoms. The summed E-state index contributed by atoms with van der Waals surface area (Å²) < 4.78 is 1.20. The van der Waals surface area contributed by atoms with Gasteiger partial charge in [-0.05, 0) is 12.1 Å². The van der Waals surface area contributed by atoms with E-state index in [0.717, 1.165) is 11.6 Å². The van der Waals surface area contributed by atoms with Gasteiger partial charge in [-0.25, -0.2) is 4.98 Å². The lowest BCUT2D eigenvalue weighted by atomic mass is 10.1. The van der Waals surface area contributed by atoms with Crippen LogP contribution in [-0.2, 0) is 0 Å². The third-order valence-corrected chi connectivity index (χ3v) is 3.83. The average Bonchev–Trinajstić information content (AvgIpc) is 3.17. The number of nitrogens with one attached hydrogen (secondary N) is 2. The van der Waals surface area contributed by atoms with Crippen LogP contribution in [0, 0.1) is 0 Å². The molecule has 0 saturated carbocycles. The molecule has 0 unspecified atom stereocenters. The number of nitrogen functional groups attached to an aromatic ring is 1. The highest BCUT2D eigenvalue weighted by molar-refractivity contribution is 6.23. The molecule has 1 aliphatic rings. The molecule has 0 bridgehead atoms. The van der Waals surface area contributed by atoms with Gasteiger partial charge in [0.1, 0.15) is 11.6 Å². The van der Waals surface area contributed by atoms with Crippen LogP contribution < -0.4 is 16.6 Å². The minimum atomic E-state index is -0.615. The van der Waals surface area contributed by atoms with E-state index in [1.54, 1.807) is 30.6 Å². The maximum absolute atomic E-state index is 12.4. The molecule has 4 rings (SSSR count). The molecule has 3 aromatic rings. The number of hydrogen-bond donors (Lipinski definition) is 3. The van der Waals surface area contributed by atoms with E-state index in [1.807, 2.05) is 6.07 Å². The number of rotatable bonds is 2. The highest BCUT2D eigenvalue weighted by Gasteiger charge is 2.31. The normalized spacial score (nSPS) is 13.0. The van der Waals surface area contributed by atoms with Crippen LogP contribution in [0.5, 0.6) is 0 Å². The predicted octanol–water partition coefficient (Wildman–Crippen LogP) is 0.693. The second-order valence-electron chi connectivity index (χ2n) is 5.26. The van der Waals surface area contributed by atoms with Gasteiger partial charge in [0.25, 0.3) is 17.4 Å². The molecular weight excluding hydrogens is 310 g/mol. The number of amides is 2. The Morgan fingerprint density at radius 2 is 1.92 bits per heavy atom. The monoisotopic (exact) mass is 321 g/mol. The zero-order chi connectivity index (χ0) is 16.8. The van der Waals surface area contributed by atoms with Crippen LogP contribution in [0.1, 0.15) is 20.7 Å². The maximum atomic E-state index is 12.4. The van der Waals surface area contributed by atoms with Crippen LogP contribution in [0.3, 0.4) is 0 Å². The molecule has 4 N–H and O–H groups in total. The molecule has 2 amide bonds. The Kier molecular flexibility index (Phi) is 2.86. The summed E-state index contributed by atoms with van der Waals surface area (Å²) in [6, 6.07) is 8.10. The molecule has 24 heavy (non-hydrogen) atoms. The Bertz CT molecular complexity index is 1050. The first kappa shape index (κ1) is 13.9. The fourth-order valence-electron chi connectivity index (χ4n) is 2.76. The van der Waals surface area contributed by atoms with E-state index in [4.69, 9.17) is 5.73 Å². The molecule has 8 heteroatoms. The number of carbonyl (C=O) groups is 2. The molecule has 0 radical (unpaired) electrons. The third-order valence-electron chi connectivity index (χ3n) is 3.83. The Balaban J connectivity index is 1.94. The number of carbonyl (C=O) groups excluding carboxylic acids is 2. The molecule has 0 fully saturated rings. The van der Waals surface area contributed by atoms with Crippen molar-refractivity contribution in [1.29, 1.82) is 0 Å². The fraction of sp³-hybridized carbons (Fsp3) is 0. The van der Waals surface area contributed by atoms with Crippen LogP contribution >= 0.6 is 0 Å². The molecular formula is C16H11N5O3. The molecule has 8 nitrogen and oxygen atoms in total. The van der Waals surface area contributed by atoms with Gasteiger partial charge in [-0.2, -0.15) is 0 Å². The van der Waals surface area contributed by atoms with Crippen molar-refractivity contribution in [1.82, 2.24) is 19.9 Å². The predicted molar refractivity (Wildman–Crippen MR) is 85.8 cm³/mol. The largest absolute Gasteiger partial charge is 0.384 e. The number of aromatic amines is 1. The highest BCUT2D eigenvalue weighted by Crippen LogP contribution is 2.24. The van der Waals surface area contributed by atoms with Gasteiger partial charge in [-0.15, -0.1) is 0 Å². The van der Waals surface area contributed by atoms with Crippen molar-refractivity contribution in [3.05, 3.63) is 64.2 Å². The summed E-state index contributed by atoms with van der Waals surface area (Å²) in [7, 11) is 0. The van der Waals surface area contributed by atoms with E-state index < -0.39 is 17.4 Å². The summed E-state index contributed by atoms with van der Waals surface area (Å²) >= 11 is 0. The molecule has 0 aliphatic carbocycles. The number of pyridine rings is 1. The van der Waals surface area contributed by atoms with Crippen molar-refractivity contribution in [3.8, 4) is 17.1 Å². The summed E-state index contributed by atoms with van der Waals surface area (Å²) in [4.78, 5) is 43.2. The molecule has 3 heterocycles. The number of benzene rings is 1. The van der Waals surface area contributed by atoms with Gasteiger partial charge in [-0.1, -0.05) is 12.1 Å². The average molecular weight is 321 g/mol. The second-order valence-corrected chi connectivity index (χ2v) is 5.26. The van der Waals surface area contributed by atoms with Gasteiger partial charge in [0.05, 0.1) is 16.8 Å². The topological polar surface area (TPSA) is 123 Å². The Hall–Kier alpha value is -3.68. The molecule has 0 saturated heterocycles. The number of anilines is 1. The maximum Gasteiger partial charge on any atom is 0.262 e. The summed E-state index contributed by atoms with van der Waals surface area (Å²) in [6.07, 6.45) is 3.31. The first-order valence-corrected chi connectivity index (χ1v) is 7.07. The van der Waals surface area contributed by atoms with Gasteiger partial charge in [-0.3, -0.25) is 24.3 Å². The van der Waals surface area contributed by atoms with E-state index in [2.05, 4.69) is 15.3 Å². The number of imidazole rings is 1. The van der Waals surface area contributed by atoms with E-state index >= 15 is 0 Å². The minimum Gasteiger partial charge on any atom is -0.384 e. The van der Waals surface area contributed by atoms with Gasteiger partial charge in [0, 0.05) is 24.0 Å². The molecule has 1 aromatic carbocycles.